The van der Waals surface area contributed by atoms with Gasteiger partial charge < -0.3 is 5.32 Å². The van der Waals surface area contributed by atoms with Crippen LogP contribution in [0.3, 0.4) is 0 Å². The number of likely N-dealkylation sites (N-methyl/N-ethyl adjacent to an activating group) is 2. The van der Waals surface area contributed by atoms with E-state index in [-0.39, 0.29) is 5.91 Å². The maximum Gasteiger partial charge on any atom is 0.248 e. The van der Waals surface area contributed by atoms with Crippen molar-refractivity contribution in [2.24, 2.45) is 0 Å². The molecule has 3 heteroatoms. The second-order valence-corrected chi connectivity index (χ2v) is 4.52. The largest absolute Gasteiger partial charge is 0.355 e. The van der Waals surface area contributed by atoms with Gasteiger partial charge >= 0.3 is 0 Å². The van der Waals surface area contributed by atoms with Crippen LogP contribution >= 0.6 is 0 Å². The number of rotatable bonds is 3. The third-order valence-corrected chi connectivity index (χ3v) is 3.49. The van der Waals surface area contributed by atoms with E-state index in [9.17, 15) is 4.79 Å². The summed E-state index contributed by atoms with van der Waals surface area (Å²) in [5.74, 6) is 0.0482. The van der Waals surface area contributed by atoms with Crippen LogP contribution in [0.1, 0.15) is 18.9 Å². The van der Waals surface area contributed by atoms with E-state index in [1.165, 1.54) is 11.1 Å². The second-order valence-electron chi connectivity index (χ2n) is 4.52. The zero-order valence-electron chi connectivity index (χ0n) is 11.1. The van der Waals surface area contributed by atoms with Crippen molar-refractivity contribution in [3.8, 4) is 0 Å². The van der Waals surface area contributed by atoms with Gasteiger partial charge in [0.2, 0.25) is 5.91 Å². The van der Waals surface area contributed by atoms with Crippen LogP contribution in [-0.4, -0.2) is 37.5 Å². The summed E-state index contributed by atoms with van der Waals surface area (Å²) in [5, 5.41) is 2.76. The molecule has 0 bridgehead atoms. The van der Waals surface area contributed by atoms with Crippen LogP contribution in [0.5, 0.6) is 0 Å². The van der Waals surface area contributed by atoms with Crippen molar-refractivity contribution >= 4 is 11.5 Å². The number of carbonyl (C=O) groups is 1. The molecule has 1 aromatic rings. The number of benzene rings is 1. The van der Waals surface area contributed by atoms with Crippen molar-refractivity contribution in [3.05, 3.63) is 41.5 Å². The van der Waals surface area contributed by atoms with Gasteiger partial charge in [0.1, 0.15) is 0 Å². The quantitative estimate of drug-likeness (QED) is 0.881. The fourth-order valence-corrected chi connectivity index (χ4v) is 2.41. The molecule has 96 valence electrons. The number of carbonyl (C=O) groups excluding carboxylic acids is 1. The molecule has 0 unspecified atom stereocenters. The number of hydrogen-bond donors (Lipinski definition) is 1. The Kier molecular flexibility index (Phi) is 4.15. The fourth-order valence-electron chi connectivity index (χ4n) is 2.41. The lowest BCUT2D eigenvalue weighted by molar-refractivity contribution is -0.117. The minimum atomic E-state index is 0.0482. The molecule has 0 saturated carbocycles. The molecule has 1 aliphatic heterocycles. The molecule has 0 aromatic heterocycles. The lowest BCUT2D eigenvalue weighted by atomic mass is 9.93. The van der Waals surface area contributed by atoms with E-state index in [0.29, 0.717) is 0 Å². The van der Waals surface area contributed by atoms with E-state index in [1.54, 1.807) is 7.05 Å². The standard InChI is InChI=1S/C15H20N2O/c1-3-17-10-9-13(12-7-5-4-6-8-12)14(11-17)15(18)16-2/h4-8H,3,9-11H2,1-2H3,(H,16,18). The first-order valence-corrected chi connectivity index (χ1v) is 6.48. The summed E-state index contributed by atoms with van der Waals surface area (Å²) in [4.78, 5) is 14.3. The molecule has 1 aromatic carbocycles. The summed E-state index contributed by atoms with van der Waals surface area (Å²) in [6, 6.07) is 10.2. The van der Waals surface area contributed by atoms with E-state index in [0.717, 1.165) is 31.6 Å². The van der Waals surface area contributed by atoms with E-state index in [1.807, 2.05) is 18.2 Å². The molecule has 0 atom stereocenters. The molecule has 18 heavy (non-hydrogen) atoms. The van der Waals surface area contributed by atoms with Crippen LogP contribution in [0.2, 0.25) is 0 Å². The van der Waals surface area contributed by atoms with E-state index < -0.39 is 0 Å². The Labute approximate surface area is 108 Å². The van der Waals surface area contributed by atoms with Crippen molar-refractivity contribution < 1.29 is 4.79 Å². The first kappa shape index (κ1) is 12.8. The van der Waals surface area contributed by atoms with Gasteiger partial charge in [-0.05, 0) is 24.1 Å². The minimum absolute atomic E-state index is 0.0482. The fraction of sp³-hybridized carbons (Fsp3) is 0.400. The van der Waals surface area contributed by atoms with Crippen molar-refractivity contribution in [3.63, 3.8) is 0 Å². The Balaban J connectivity index is 2.38. The number of amides is 1. The van der Waals surface area contributed by atoms with E-state index in [2.05, 4.69) is 29.3 Å². The van der Waals surface area contributed by atoms with Crippen LogP contribution in [0.15, 0.2) is 35.9 Å². The number of hydrogen-bond acceptors (Lipinski definition) is 2. The molecule has 0 saturated heterocycles. The predicted octanol–water partition coefficient (Wildman–Crippen LogP) is 1.91. The molecule has 1 aliphatic rings. The molecule has 0 aliphatic carbocycles. The van der Waals surface area contributed by atoms with Crippen molar-refractivity contribution in [2.75, 3.05) is 26.7 Å². The highest BCUT2D eigenvalue weighted by atomic mass is 16.1. The number of nitrogens with one attached hydrogen (secondary N) is 1. The summed E-state index contributed by atoms with van der Waals surface area (Å²) < 4.78 is 0. The molecule has 1 amide bonds. The van der Waals surface area contributed by atoms with Crippen LogP contribution in [0, 0.1) is 0 Å². The molecular weight excluding hydrogens is 224 g/mol. The normalized spacial score (nSPS) is 16.8. The first-order valence-electron chi connectivity index (χ1n) is 6.48. The van der Waals surface area contributed by atoms with Gasteiger partial charge in [-0.3, -0.25) is 9.69 Å². The predicted molar refractivity (Wildman–Crippen MR) is 74.2 cm³/mol. The van der Waals surface area contributed by atoms with E-state index in [4.69, 9.17) is 0 Å². The van der Waals surface area contributed by atoms with Gasteiger partial charge in [-0.15, -0.1) is 0 Å². The van der Waals surface area contributed by atoms with Crippen LogP contribution < -0.4 is 5.32 Å². The van der Waals surface area contributed by atoms with Gasteiger partial charge in [-0.1, -0.05) is 37.3 Å². The van der Waals surface area contributed by atoms with Gasteiger partial charge in [-0.2, -0.15) is 0 Å². The summed E-state index contributed by atoms with van der Waals surface area (Å²) in [7, 11) is 1.70. The summed E-state index contributed by atoms with van der Waals surface area (Å²) in [6.45, 7) is 4.90. The van der Waals surface area contributed by atoms with Gasteiger partial charge in [-0.25, -0.2) is 0 Å². The van der Waals surface area contributed by atoms with Crippen LogP contribution in [-0.2, 0) is 4.79 Å². The Hall–Kier alpha value is -1.61. The molecule has 1 N–H and O–H groups in total. The average Bonchev–Trinajstić information content (AvgIpc) is 2.46. The Morgan fingerprint density at radius 3 is 2.67 bits per heavy atom. The molecule has 0 spiro atoms. The lowest BCUT2D eigenvalue weighted by Crippen LogP contribution is -2.36. The first-order chi connectivity index (χ1) is 8.76. The SMILES string of the molecule is CCN1CCC(c2ccccc2)=C(C(=O)NC)C1. The Morgan fingerprint density at radius 1 is 1.33 bits per heavy atom. The zero-order valence-corrected chi connectivity index (χ0v) is 11.1. The van der Waals surface area contributed by atoms with Gasteiger partial charge in [0.05, 0.1) is 0 Å². The zero-order chi connectivity index (χ0) is 13.0. The highest BCUT2D eigenvalue weighted by molar-refractivity contribution is 6.01. The van der Waals surface area contributed by atoms with Crippen molar-refractivity contribution in [1.29, 1.82) is 0 Å². The summed E-state index contributed by atoms with van der Waals surface area (Å²) >= 11 is 0. The monoisotopic (exact) mass is 244 g/mol. The smallest absolute Gasteiger partial charge is 0.248 e. The lowest BCUT2D eigenvalue weighted by Gasteiger charge is -2.29. The van der Waals surface area contributed by atoms with E-state index >= 15 is 0 Å². The van der Waals surface area contributed by atoms with Crippen molar-refractivity contribution in [2.45, 2.75) is 13.3 Å². The van der Waals surface area contributed by atoms with Gasteiger partial charge in [0.25, 0.3) is 0 Å². The Morgan fingerprint density at radius 2 is 2.06 bits per heavy atom. The molecule has 3 nitrogen and oxygen atoms in total. The molecular formula is C15H20N2O. The van der Waals surface area contributed by atoms with Crippen LogP contribution in [0.4, 0.5) is 0 Å². The average molecular weight is 244 g/mol. The molecule has 1 heterocycles. The van der Waals surface area contributed by atoms with Crippen LogP contribution in [0.25, 0.3) is 5.57 Å². The molecule has 2 rings (SSSR count). The third kappa shape index (κ3) is 2.62. The Bertz CT molecular complexity index is 451. The maximum absolute atomic E-state index is 12.0. The highest BCUT2D eigenvalue weighted by Gasteiger charge is 2.22. The maximum atomic E-state index is 12.0. The summed E-state index contributed by atoms with van der Waals surface area (Å²) in [5.41, 5.74) is 3.28. The minimum Gasteiger partial charge on any atom is -0.355 e. The van der Waals surface area contributed by atoms with Crippen molar-refractivity contribution in [1.82, 2.24) is 10.2 Å². The summed E-state index contributed by atoms with van der Waals surface area (Å²) in [6.07, 6.45) is 0.945. The topological polar surface area (TPSA) is 32.3 Å². The second kappa shape index (κ2) is 5.83. The molecule has 0 radical (unpaired) electrons. The van der Waals surface area contributed by atoms with Gasteiger partial charge in [0.15, 0.2) is 0 Å². The third-order valence-electron chi connectivity index (χ3n) is 3.49. The number of nitrogens with zero attached hydrogens (tertiary/aromatic N) is 1. The van der Waals surface area contributed by atoms with Gasteiger partial charge in [0, 0.05) is 25.7 Å². The highest BCUT2D eigenvalue weighted by Crippen LogP contribution is 2.27. The molecule has 0 fully saturated rings.